The first-order chi connectivity index (χ1) is 11.9. The minimum atomic E-state index is -3.98. The lowest BCUT2D eigenvalue weighted by molar-refractivity contribution is -0.387. The number of para-hydroxylation sites is 1. The first-order valence-corrected chi connectivity index (χ1v) is 9.79. The summed E-state index contributed by atoms with van der Waals surface area (Å²) in [6.07, 6.45) is 0. The maximum absolute atomic E-state index is 12.7. The van der Waals surface area contributed by atoms with Crippen molar-refractivity contribution in [2.75, 3.05) is 26.2 Å². The number of amides is 1. The standard InChI is InChI=1S/C15H15N3O5S2/c19-15(13-5-3-11-24-13)16-7-9-17(10-8-16)25(22,23)14-6-2-1-4-12(14)18(20)21/h1-6,11H,7-10H2. The molecule has 25 heavy (non-hydrogen) atoms. The zero-order chi connectivity index (χ0) is 18.0. The minimum Gasteiger partial charge on any atom is -0.335 e. The third-order valence-corrected chi connectivity index (χ3v) is 6.74. The third-order valence-electron chi connectivity index (χ3n) is 3.94. The van der Waals surface area contributed by atoms with Crippen molar-refractivity contribution in [3.63, 3.8) is 0 Å². The highest BCUT2D eigenvalue weighted by molar-refractivity contribution is 7.89. The first kappa shape index (κ1) is 17.5. The highest BCUT2D eigenvalue weighted by Gasteiger charge is 2.34. The molecular formula is C15H15N3O5S2. The number of carbonyl (C=O) groups is 1. The second-order valence-electron chi connectivity index (χ2n) is 5.40. The van der Waals surface area contributed by atoms with E-state index in [2.05, 4.69) is 0 Å². The van der Waals surface area contributed by atoms with E-state index in [1.807, 2.05) is 5.38 Å². The normalized spacial score (nSPS) is 15.9. The monoisotopic (exact) mass is 381 g/mol. The van der Waals surface area contributed by atoms with E-state index in [-0.39, 0.29) is 37.0 Å². The van der Waals surface area contributed by atoms with E-state index in [1.165, 1.54) is 39.9 Å². The Morgan fingerprint density at radius 3 is 2.36 bits per heavy atom. The maximum Gasteiger partial charge on any atom is 0.289 e. The number of nitro groups is 1. The highest BCUT2D eigenvalue weighted by atomic mass is 32.2. The lowest BCUT2D eigenvalue weighted by atomic mass is 10.3. The van der Waals surface area contributed by atoms with Crippen LogP contribution in [0.2, 0.25) is 0 Å². The van der Waals surface area contributed by atoms with Gasteiger partial charge >= 0.3 is 0 Å². The molecular weight excluding hydrogens is 366 g/mol. The average Bonchev–Trinajstić information content (AvgIpc) is 3.16. The molecule has 1 fully saturated rings. The van der Waals surface area contributed by atoms with Crippen molar-refractivity contribution in [3.8, 4) is 0 Å². The van der Waals surface area contributed by atoms with Gasteiger partial charge in [0.15, 0.2) is 4.90 Å². The van der Waals surface area contributed by atoms with Gasteiger partial charge < -0.3 is 4.90 Å². The van der Waals surface area contributed by atoms with Crippen molar-refractivity contribution in [2.24, 2.45) is 0 Å². The lowest BCUT2D eigenvalue weighted by Gasteiger charge is -2.33. The molecule has 1 aromatic heterocycles. The molecule has 0 unspecified atom stereocenters. The predicted molar refractivity (Wildman–Crippen MR) is 92.1 cm³/mol. The van der Waals surface area contributed by atoms with Gasteiger partial charge in [0.2, 0.25) is 10.0 Å². The smallest absolute Gasteiger partial charge is 0.289 e. The van der Waals surface area contributed by atoms with Gasteiger partial charge in [-0.15, -0.1) is 11.3 Å². The molecule has 2 aromatic rings. The van der Waals surface area contributed by atoms with Crippen molar-refractivity contribution < 1.29 is 18.1 Å². The number of piperazine rings is 1. The Morgan fingerprint density at radius 2 is 1.76 bits per heavy atom. The van der Waals surface area contributed by atoms with E-state index in [4.69, 9.17) is 0 Å². The van der Waals surface area contributed by atoms with Crippen molar-refractivity contribution >= 4 is 33.0 Å². The van der Waals surface area contributed by atoms with Crippen LogP contribution in [0.3, 0.4) is 0 Å². The van der Waals surface area contributed by atoms with E-state index in [1.54, 1.807) is 17.0 Å². The molecule has 3 rings (SSSR count). The van der Waals surface area contributed by atoms with Crippen molar-refractivity contribution in [1.29, 1.82) is 0 Å². The molecule has 0 radical (unpaired) electrons. The summed E-state index contributed by atoms with van der Waals surface area (Å²) in [7, 11) is -3.98. The molecule has 0 N–H and O–H groups in total. The zero-order valence-corrected chi connectivity index (χ0v) is 14.7. The van der Waals surface area contributed by atoms with Gasteiger partial charge in [0.05, 0.1) is 9.80 Å². The van der Waals surface area contributed by atoms with Crippen LogP contribution < -0.4 is 0 Å². The molecule has 0 saturated carbocycles. The van der Waals surface area contributed by atoms with Crippen molar-refractivity contribution in [3.05, 3.63) is 56.8 Å². The molecule has 10 heteroatoms. The third kappa shape index (κ3) is 3.41. The Balaban J connectivity index is 1.76. The second kappa shape index (κ2) is 6.90. The van der Waals surface area contributed by atoms with Gasteiger partial charge in [-0.25, -0.2) is 8.42 Å². The van der Waals surface area contributed by atoms with Gasteiger partial charge in [0, 0.05) is 32.2 Å². The number of thiophene rings is 1. The van der Waals surface area contributed by atoms with Crippen LogP contribution in [0, 0.1) is 10.1 Å². The van der Waals surface area contributed by atoms with Crippen LogP contribution in [0.25, 0.3) is 0 Å². The maximum atomic E-state index is 12.7. The van der Waals surface area contributed by atoms with E-state index in [9.17, 15) is 23.3 Å². The van der Waals surface area contributed by atoms with Crippen LogP contribution in [0.5, 0.6) is 0 Å². The Labute approximate surface area is 148 Å². The Kier molecular flexibility index (Phi) is 4.84. The molecule has 0 bridgehead atoms. The van der Waals surface area contributed by atoms with Crippen LogP contribution in [0.1, 0.15) is 9.67 Å². The molecule has 1 aromatic carbocycles. The summed E-state index contributed by atoms with van der Waals surface area (Å²) in [5, 5.41) is 12.9. The molecule has 0 spiro atoms. The molecule has 132 valence electrons. The molecule has 1 aliphatic rings. The summed E-state index contributed by atoms with van der Waals surface area (Å²) in [6.45, 7) is 0.699. The van der Waals surface area contributed by atoms with Crippen LogP contribution >= 0.6 is 11.3 Å². The van der Waals surface area contributed by atoms with E-state index >= 15 is 0 Å². The fourth-order valence-electron chi connectivity index (χ4n) is 2.65. The molecule has 2 heterocycles. The predicted octanol–water partition coefficient (Wildman–Crippen LogP) is 1.80. The minimum absolute atomic E-state index is 0.103. The van der Waals surface area contributed by atoms with Gasteiger partial charge in [0.25, 0.3) is 11.6 Å². The van der Waals surface area contributed by atoms with Crippen LogP contribution in [-0.4, -0.2) is 54.6 Å². The average molecular weight is 381 g/mol. The van der Waals surface area contributed by atoms with Gasteiger partial charge in [-0.1, -0.05) is 18.2 Å². The van der Waals surface area contributed by atoms with E-state index in [0.29, 0.717) is 4.88 Å². The number of hydrogen-bond donors (Lipinski definition) is 0. The zero-order valence-electron chi connectivity index (χ0n) is 13.1. The number of carbonyl (C=O) groups excluding carboxylic acids is 1. The molecule has 8 nitrogen and oxygen atoms in total. The van der Waals surface area contributed by atoms with Crippen LogP contribution in [0.4, 0.5) is 5.69 Å². The number of benzene rings is 1. The van der Waals surface area contributed by atoms with Gasteiger partial charge in [-0.3, -0.25) is 14.9 Å². The highest BCUT2D eigenvalue weighted by Crippen LogP contribution is 2.27. The fourth-order valence-corrected chi connectivity index (χ4v) is 4.92. The summed E-state index contributed by atoms with van der Waals surface area (Å²) in [5.41, 5.74) is -0.445. The van der Waals surface area contributed by atoms with Crippen LogP contribution in [0.15, 0.2) is 46.7 Å². The number of sulfonamides is 1. The number of hydrogen-bond acceptors (Lipinski definition) is 6. The fraction of sp³-hybridized carbons (Fsp3) is 0.267. The summed E-state index contributed by atoms with van der Waals surface area (Å²) >= 11 is 1.34. The van der Waals surface area contributed by atoms with E-state index in [0.717, 1.165) is 0 Å². The molecule has 0 aliphatic carbocycles. The van der Waals surface area contributed by atoms with Gasteiger partial charge in [-0.2, -0.15) is 4.31 Å². The Morgan fingerprint density at radius 1 is 1.08 bits per heavy atom. The SMILES string of the molecule is O=C(c1cccs1)N1CCN(S(=O)(=O)c2ccccc2[N+](=O)[O-])CC1. The van der Waals surface area contributed by atoms with Crippen molar-refractivity contribution in [2.45, 2.75) is 4.90 Å². The molecule has 0 atom stereocenters. The Bertz CT molecular complexity index is 888. The van der Waals surface area contributed by atoms with Gasteiger partial charge in [-0.05, 0) is 17.5 Å². The summed E-state index contributed by atoms with van der Waals surface area (Å²) in [4.78, 5) is 24.6. The van der Waals surface area contributed by atoms with Crippen LogP contribution in [-0.2, 0) is 10.0 Å². The number of nitro benzene ring substituents is 1. The van der Waals surface area contributed by atoms with E-state index < -0.39 is 20.6 Å². The topological polar surface area (TPSA) is 101 Å². The second-order valence-corrected chi connectivity index (χ2v) is 8.25. The summed E-state index contributed by atoms with van der Waals surface area (Å²) in [5.74, 6) is -0.127. The van der Waals surface area contributed by atoms with Crippen molar-refractivity contribution in [1.82, 2.24) is 9.21 Å². The quantitative estimate of drug-likeness (QED) is 0.594. The Hall–Kier alpha value is -2.30. The number of nitrogens with zero attached hydrogens (tertiary/aromatic N) is 3. The van der Waals surface area contributed by atoms with Gasteiger partial charge in [0.1, 0.15) is 0 Å². The molecule has 1 saturated heterocycles. The summed E-state index contributed by atoms with van der Waals surface area (Å²) < 4.78 is 26.7. The molecule has 1 amide bonds. The number of rotatable bonds is 4. The lowest BCUT2D eigenvalue weighted by Crippen LogP contribution is -2.50. The summed E-state index contributed by atoms with van der Waals surface area (Å²) in [6, 6.07) is 8.79. The molecule has 1 aliphatic heterocycles. The largest absolute Gasteiger partial charge is 0.335 e. The first-order valence-electron chi connectivity index (χ1n) is 7.47.